The van der Waals surface area contributed by atoms with Crippen molar-refractivity contribution in [1.82, 2.24) is 14.8 Å². The van der Waals surface area contributed by atoms with E-state index in [-0.39, 0.29) is 11.7 Å². The quantitative estimate of drug-likeness (QED) is 0.564. The van der Waals surface area contributed by atoms with Crippen LogP contribution in [0.25, 0.3) is 11.6 Å². The lowest BCUT2D eigenvalue weighted by atomic mass is 10.0. The van der Waals surface area contributed by atoms with Gasteiger partial charge in [-0.25, -0.2) is 0 Å². The van der Waals surface area contributed by atoms with Crippen molar-refractivity contribution in [3.63, 3.8) is 0 Å². The predicted molar refractivity (Wildman–Crippen MR) is 110 cm³/mol. The molecule has 0 bridgehead atoms. The Labute approximate surface area is 168 Å². The van der Waals surface area contributed by atoms with Crippen LogP contribution in [0.3, 0.4) is 0 Å². The molecule has 1 amide bonds. The van der Waals surface area contributed by atoms with E-state index in [1.165, 1.54) is 11.8 Å². The van der Waals surface area contributed by atoms with Gasteiger partial charge in [-0.3, -0.25) is 9.36 Å². The molecule has 7 nitrogen and oxygen atoms in total. The highest BCUT2D eigenvalue weighted by molar-refractivity contribution is 7.99. The fraction of sp³-hybridized carbons (Fsp3) is 0.350. The van der Waals surface area contributed by atoms with Gasteiger partial charge in [-0.05, 0) is 42.7 Å². The third-order valence-corrected chi connectivity index (χ3v) is 5.24. The monoisotopic (exact) mass is 400 g/mol. The van der Waals surface area contributed by atoms with Gasteiger partial charge in [0, 0.05) is 6.54 Å². The molecule has 1 N–H and O–H groups in total. The van der Waals surface area contributed by atoms with Crippen LogP contribution in [0.5, 0.6) is 5.75 Å². The van der Waals surface area contributed by atoms with Gasteiger partial charge in [0.05, 0.1) is 24.8 Å². The molecule has 0 spiro atoms. The zero-order valence-electron chi connectivity index (χ0n) is 16.4. The van der Waals surface area contributed by atoms with E-state index in [4.69, 9.17) is 9.15 Å². The number of hydrogen-bond acceptors (Lipinski definition) is 6. The van der Waals surface area contributed by atoms with Crippen molar-refractivity contribution < 1.29 is 13.9 Å². The fourth-order valence-corrected chi connectivity index (χ4v) is 3.56. The minimum atomic E-state index is -0.134. The zero-order chi connectivity index (χ0) is 20.1. The summed E-state index contributed by atoms with van der Waals surface area (Å²) in [5.41, 5.74) is 1.82. The summed E-state index contributed by atoms with van der Waals surface area (Å²) >= 11 is 1.33. The average Bonchev–Trinajstić information content (AvgIpc) is 3.35. The summed E-state index contributed by atoms with van der Waals surface area (Å²) in [5, 5.41) is 12.0. The Kier molecular flexibility index (Phi) is 6.41. The van der Waals surface area contributed by atoms with Gasteiger partial charge in [0.2, 0.25) is 5.91 Å². The normalized spacial score (nSPS) is 11.0. The lowest BCUT2D eigenvalue weighted by Gasteiger charge is -2.13. The van der Waals surface area contributed by atoms with Gasteiger partial charge >= 0.3 is 0 Å². The van der Waals surface area contributed by atoms with E-state index < -0.39 is 0 Å². The number of anilines is 1. The number of aromatic nitrogens is 3. The molecular weight excluding hydrogens is 376 g/mol. The summed E-state index contributed by atoms with van der Waals surface area (Å²) in [6.07, 6.45) is 1.60. The maximum atomic E-state index is 12.4. The molecule has 0 radical (unpaired) electrons. The summed E-state index contributed by atoms with van der Waals surface area (Å²) in [7, 11) is 1.60. The second kappa shape index (κ2) is 8.97. The van der Waals surface area contributed by atoms with Crippen LogP contribution in [-0.2, 0) is 11.3 Å². The second-order valence-corrected chi connectivity index (χ2v) is 7.42. The predicted octanol–water partition coefficient (Wildman–Crippen LogP) is 4.42. The summed E-state index contributed by atoms with van der Waals surface area (Å²) in [5.74, 6) is 2.43. The Hall–Kier alpha value is -2.74. The van der Waals surface area contributed by atoms with Crippen molar-refractivity contribution in [3.05, 3.63) is 42.2 Å². The number of hydrogen-bond donors (Lipinski definition) is 1. The highest BCUT2D eigenvalue weighted by Gasteiger charge is 2.17. The van der Waals surface area contributed by atoms with Gasteiger partial charge in [-0.1, -0.05) is 31.7 Å². The molecule has 28 heavy (non-hydrogen) atoms. The Morgan fingerprint density at radius 2 is 2.14 bits per heavy atom. The minimum Gasteiger partial charge on any atom is -0.495 e. The second-order valence-electron chi connectivity index (χ2n) is 6.48. The Morgan fingerprint density at radius 3 is 2.79 bits per heavy atom. The summed E-state index contributed by atoms with van der Waals surface area (Å²) < 4.78 is 12.8. The molecule has 0 aliphatic heterocycles. The van der Waals surface area contributed by atoms with Crippen molar-refractivity contribution >= 4 is 23.4 Å². The number of nitrogens with one attached hydrogen (secondary N) is 1. The van der Waals surface area contributed by atoms with Gasteiger partial charge < -0.3 is 14.5 Å². The Bertz CT molecular complexity index is 935. The lowest BCUT2D eigenvalue weighted by molar-refractivity contribution is -0.113. The number of carbonyl (C=O) groups excluding carboxylic acids is 1. The topological polar surface area (TPSA) is 82.2 Å². The molecule has 0 saturated heterocycles. The lowest BCUT2D eigenvalue weighted by Crippen LogP contribution is -2.15. The average molecular weight is 401 g/mol. The third-order valence-electron chi connectivity index (χ3n) is 4.27. The maximum Gasteiger partial charge on any atom is 0.234 e. The van der Waals surface area contributed by atoms with Crippen molar-refractivity contribution in [3.8, 4) is 17.3 Å². The highest BCUT2D eigenvalue weighted by atomic mass is 32.2. The number of benzene rings is 1. The molecule has 0 fully saturated rings. The van der Waals surface area contributed by atoms with Crippen LogP contribution in [0.4, 0.5) is 5.69 Å². The molecule has 0 aliphatic rings. The molecule has 3 rings (SSSR count). The van der Waals surface area contributed by atoms with Crippen LogP contribution in [0.1, 0.15) is 32.3 Å². The molecule has 8 heteroatoms. The van der Waals surface area contributed by atoms with Crippen LogP contribution in [-0.4, -0.2) is 33.5 Å². The first kappa shape index (κ1) is 20.0. The van der Waals surface area contributed by atoms with E-state index in [2.05, 4.69) is 29.4 Å². The van der Waals surface area contributed by atoms with Crippen LogP contribution >= 0.6 is 11.8 Å². The van der Waals surface area contributed by atoms with Crippen molar-refractivity contribution in [2.75, 3.05) is 18.2 Å². The summed E-state index contributed by atoms with van der Waals surface area (Å²) in [6, 6.07) is 9.48. The van der Waals surface area contributed by atoms with E-state index >= 15 is 0 Å². The standard InChI is InChI=1S/C20H24N4O3S/c1-5-24-19(16-7-6-10-27-16)22-23-20(24)28-12-18(25)21-15-9-8-14(13(2)3)11-17(15)26-4/h6-11,13H,5,12H2,1-4H3,(H,21,25). The van der Waals surface area contributed by atoms with Crippen LogP contribution < -0.4 is 10.1 Å². The number of carbonyl (C=O) groups is 1. The molecule has 2 heterocycles. The molecule has 148 valence electrons. The van der Waals surface area contributed by atoms with Gasteiger partial charge in [-0.2, -0.15) is 0 Å². The fourth-order valence-electron chi connectivity index (χ4n) is 2.76. The summed E-state index contributed by atoms with van der Waals surface area (Å²) in [6.45, 7) is 6.91. The van der Waals surface area contributed by atoms with E-state index in [1.54, 1.807) is 13.4 Å². The van der Waals surface area contributed by atoms with Gasteiger partial charge in [-0.15, -0.1) is 10.2 Å². The largest absolute Gasteiger partial charge is 0.495 e. The van der Waals surface area contributed by atoms with Gasteiger partial charge in [0.25, 0.3) is 0 Å². The molecule has 0 unspecified atom stereocenters. The molecule has 3 aromatic rings. The molecule has 1 aromatic carbocycles. The molecule has 0 aliphatic carbocycles. The van der Waals surface area contributed by atoms with E-state index in [0.717, 1.165) is 5.56 Å². The van der Waals surface area contributed by atoms with Crippen LogP contribution in [0.2, 0.25) is 0 Å². The number of amides is 1. The third kappa shape index (κ3) is 4.39. The zero-order valence-corrected chi connectivity index (χ0v) is 17.2. The first-order valence-electron chi connectivity index (χ1n) is 9.11. The van der Waals surface area contributed by atoms with Crippen molar-refractivity contribution in [2.45, 2.75) is 38.4 Å². The first-order chi connectivity index (χ1) is 13.5. The SMILES string of the molecule is CCn1c(SCC(=O)Nc2ccc(C(C)C)cc2OC)nnc1-c1ccco1. The van der Waals surface area contributed by atoms with Crippen molar-refractivity contribution in [1.29, 1.82) is 0 Å². The first-order valence-corrected chi connectivity index (χ1v) is 10.1. The number of methoxy groups -OCH3 is 1. The number of ether oxygens (including phenoxy) is 1. The Morgan fingerprint density at radius 1 is 1.32 bits per heavy atom. The van der Waals surface area contributed by atoms with E-state index in [0.29, 0.717) is 40.6 Å². The van der Waals surface area contributed by atoms with Crippen LogP contribution in [0.15, 0.2) is 46.2 Å². The summed E-state index contributed by atoms with van der Waals surface area (Å²) in [4.78, 5) is 12.4. The number of thioether (sulfide) groups is 1. The van der Waals surface area contributed by atoms with Crippen LogP contribution in [0, 0.1) is 0 Å². The molecule has 0 saturated carbocycles. The smallest absolute Gasteiger partial charge is 0.234 e. The van der Waals surface area contributed by atoms with E-state index in [9.17, 15) is 4.79 Å². The number of furan rings is 1. The molecular formula is C20H24N4O3S. The Balaban J connectivity index is 1.67. The molecule has 0 atom stereocenters. The van der Waals surface area contributed by atoms with Gasteiger partial charge in [0.1, 0.15) is 5.75 Å². The van der Waals surface area contributed by atoms with Gasteiger partial charge in [0.15, 0.2) is 16.7 Å². The van der Waals surface area contributed by atoms with E-state index in [1.807, 2.05) is 41.8 Å². The van der Waals surface area contributed by atoms with Crippen molar-refractivity contribution in [2.24, 2.45) is 0 Å². The number of rotatable bonds is 8. The maximum absolute atomic E-state index is 12.4. The highest BCUT2D eigenvalue weighted by Crippen LogP contribution is 2.29. The number of nitrogens with zero attached hydrogens (tertiary/aromatic N) is 3. The molecule has 2 aromatic heterocycles. The minimum absolute atomic E-state index is 0.134.